The van der Waals surface area contributed by atoms with Crippen molar-refractivity contribution in [1.82, 2.24) is 0 Å². The molecule has 1 atom stereocenters. The summed E-state index contributed by atoms with van der Waals surface area (Å²) in [7, 11) is 1.69. The third-order valence-corrected chi connectivity index (χ3v) is 6.42. The van der Waals surface area contributed by atoms with E-state index in [2.05, 4.69) is 19.1 Å². The van der Waals surface area contributed by atoms with E-state index in [0.29, 0.717) is 0 Å². The number of hydrogen-bond donors (Lipinski definition) is 0. The van der Waals surface area contributed by atoms with Crippen molar-refractivity contribution >= 4 is 22.9 Å². The van der Waals surface area contributed by atoms with Crippen molar-refractivity contribution in [2.45, 2.75) is 39.0 Å². The zero-order valence-corrected chi connectivity index (χ0v) is 15.1. The highest BCUT2D eigenvalue weighted by Crippen LogP contribution is 2.35. The Morgan fingerprint density at radius 1 is 1.25 bits per heavy atom. The van der Waals surface area contributed by atoms with Crippen LogP contribution < -0.4 is 9.64 Å². The van der Waals surface area contributed by atoms with E-state index in [0.717, 1.165) is 54.5 Å². The maximum absolute atomic E-state index is 13.1. The molecule has 3 nitrogen and oxygen atoms in total. The van der Waals surface area contributed by atoms with Crippen molar-refractivity contribution < 1.29 is 9.53 Å². The number of nitrogens with zero attached hydrogens (tertiary/aromatic N) is 1. The van der Waals surface area contributed by atoms with Gasteiger partial charge in [0.1, 0.15) is 5.75 Å². The molecular formula is C20H23NO2S. The lowest BCUT2D eigenvalue weighted by Gasteiger charge is -2.29. The molecule has 4 rings (SSSR count). The number of amides is 1. The van der Waals surface area contributed by atoms with E-state index in [4.69, 9.17) is 4.74 Å². The van der Waals surface area contributed by atoms with Gasteiger partial charge in [0.2, 0.25) is 0 Å². The lowest BCUT2D eigenvalue weighted by Crippen LogP contribution is -2.35. The summed E-state index contributed by atoms with van der Waals surface area (Å²) in [6, 6.07) is 8.19. The Labute approximate surface area is 147 Å². The van der Waals surface area contributed by atoms with Gasteiger partial charge in [-0.25, -0.2) is 0 Å². The maximum atomic E-state index is 13.1. The van der Waals surface area contributed by atoms with Gasteiger partial charge in [0.15, 0.2) is 0 Å². The van der Waals surface area contributed by atoms with Crippen LogP contribution in [0.2, 0.25) is 0 Å². The smallest absolute Gasteiger partial charge is 0.268 e. The molecule has 126 valence electrons. The first kappa shape index (κ1) is 15.7. The molecule has 0 unspecified atom stereocenters. The van der Waals surface area contributed by atoms with Crippen LogP contribution in [0, 0.1) is 5.92 Å². The fraction of sp³-hybridized carbons (Fsp3) is 0.450. The molecule has 1 aromatic heterocycles. The molecule has 2 aromatic rings. The molecule has 0 saturated heterocycles. The average Bonchev–Trinajstić information content (AvgIpc) is 3.03. The number of carbonyl (C=O) groups is 1. The van der Waals surface area contributed by atoms with Gasteiger partial charge in [0.25, 0.3) is 5.91 Å². The van der Waals surface area contributed by atoms with Crippen LogP contribution >= 0.6 is 11.3 Å². The molecular weight excluding hydrogens is 318 g/mol. The molecule has 1 aromatic carbocycles. The quantitative estimate of drug-likeness (QED) is 0.806. The number of ether oxygens (including phenoxy) is 1. The number of fused-ring (bicyclic) bond motifs is 2. The van der Waals surface area contributed by atoms with Gasteiger partial charge in [-0.05, 0) is 73.4 Å². The zero-order valence-electron chi connectivity index (χ0n) is 14.3. The number of aryl methyl sites for hydroxylation is 2. The number of benzene rings is 1. The number of anilines is 1. The van der Waals surface area contributed by atoms with E-state index in [9.17, 15) is 4.79 Å². The van der Waals surface area contributed by atoms with Gasteiger partial charge in [-0.1, -0.05) is 6.92 Å². The summed E-state index contributed by atoms with van der Waals surface area (Å²) in [5, 5.41) is 0. The Bertz CT molecular complexity index is 780. The maximum Gasteiger partial charge on any atom is 0.268 e. The molecule has 0 radical (unpaired) electrons. The summed E-state index contributed by atoms with van der Waals surface area (Å²) in [5.74, 6) is 1.76. The first-order valence-electron chi connectivity index (χ1n) is 8.76. The second-order valence-corrected chi connectivity index (χ2v) is 8.10. The summed E-state index contributed by atoms with van der Waals surface area (Å²) >= 11 is 1.71. The van der Waals surface area contributed by atoms with Crippen molar-refractivity contribution in [1.29, 1.82) is 0 Å². The summed E-state index contributed by atoms with van der Waals surface area (Å²) in [6.07, 6.45) is 5.51. The first-order valence-corrected chi connectivity index (χ1v) is 9.57. The lowest BCUT2D eigenvalue weighted by molar-refractivity contribution is 0.0989. The van der Waals surface area contributed by atoms with Crippen LogP contribution in [0.15, 0.2) is 24.3 Å². The molecule has 1 amide bonds. The highest BCUT2D eigenvalue weighted by atomic mass is 32.1. The Morgan fingerprint density at radius 2 is 2.12 bits per heavy atom. The Morgan fingerprint density at radius 3 is 2.96 bits per heavy atom. The Kier molecular flexibility index (Phi) is 4.09. The summed E-state index contributed by atoms with van der Waals surface area (Å²) in [5.41, 5.74) is 3.66. The second-order valence-electron chi connectivity index (χ2n) is 6.96. The third-order valence-electron chi connectivity index (χ3n) is 5.19. The van der Waals surface area contributed by atoms with Gasteiger partial charge in [-0.15, -0.1) is 11.3 Å². The SMILES string of the molecule is COc1ccc2c(c1)CCCN2C(=O)c1cc2c(s1)CC[C@@H](C)C2. The molecule has 2 heterocycles. The normalized spacial score (nSPS) is 19.6. The minimum atomic E-state index is 0.160. The largest absolute Gasteiger partial charge is 0.497 e. The zero-order chi connectivity index (χ0) is 16.7. The third kappa shape index (κ3) is 2.73. The monoisotopic (exact) mass is 341 g/mol. The standard InChI is InChI=1S/C20H23NO2S/c1-13-5-8-18-15(10-13)12-19(24-18)20(22)21-9-3-4-14-11-16(23-2)6-7-17(14)21/h6-7,11-13H,3-5,8-10H2,1-2H3/t13-/m1/s1. The van der Waals surface area contributed by atoms with E-state index < -0.39 is 0 Å². The fourth-order valence-corrected chi connectivity index (χ4v) is 5.01. The summed E-state index contributed by atoms with van der Waals surface area (Å²) < 4.78 is 5.32. The van der Waals surface area contributed by atoms with E-state index in [1.54, 1.807) is 18.4 Å². The molecule has 1 aliphatic carbocycles. The van der Waals surface area contributed by atoms with E-state index >= 15 is 0 Å². The van der Waals surface area contributed by atoms with Gasteiger partial charge in [0, 0.05) is 17.1 Å². The number of thiophene rings is 1. The highest BCUT2D eigenvalue weighted by molar-refractivity contribution is 7.14. The molecule has 1 aliphatic heterocycles. The van der Waals surface area contributed by atoms with Crippen LogP contribution in [0.1, 0.15) is 45.4 Å². The predicted octanol–water partition coefficient (Wildman–Crippen LogP) is 4.47. The lowest BCUT2D eigenvalue weighted by atomic mass is 9.90. The van der Waals surface area contributed by atoms with Crippen molar-refractivity contribution in [3.8, 4) is 5.75 Å². The second kappa shape index (κ2) is 6.25. The molecule has 4 heteroatoms. The van der Waals surface area contributed by atoms with Crippen molar-refractivity contribution in [3.05, 3.63) is 45.1 Å². The predicted molar refractivity (Wildman–Crippen MR) is 98.5 cm³/mol. The van der Waals surface area contributed by atoms with E-state index in [1.807, 2.05) is 17.0 Å². The number of rotatable bonds is 2. The van der Waals surface area contributed by atoms with E-state index in [-0.39, 0.29) is 5.91 Å². The van der Waals surface area contributed by atoms with Crippen LogP contribution in [0.3, 0.4) is 0 Å². The topological polar surface area (TPSA) is 29.5 Å². The number of carbonyl (C=O) groups excluding carboxylic acids is 1. The minimum Gasteiger partial charge on any atom is -0.497 e. The van der Waals surface area contributed by atoms with Gasteiger partial charge >= 0.3 is 0 Å². The molecule has 2 aliphatic rings. The van der Waals surface area contributed by atoms with Crippen LogP contribution in [-0.4, -0.2) is 19.6 Å². The molecule has 0 saturated carbocycles. The van der Waals surface area contributed by atoms with Crippen LogP contribution in [0.4, 0.5) is 5.69 Å². The molecule has 24 heavy (non-hydrogen) atoms. The van der Waals surface area contributed by atoms with Gasteiger partial charge in [0.05, 0.1) is 12.0 Å². The fourth-order valence-electron chi connectivity index (χ4n) is 3.86. The van der Waals surface area contributed by atoms with Crippen molar-refractivity contribution in [2.24, 2.45) is 5.92 Å². The Balaban J connectivity index is 1.64. The molecule has 0 spiro atoms. The number of methoxy groups -OCH3 is 1. The highest BCUT2D eigenvalue weighted by Gasteiger charge is 2.27. The van der Waals surface area contributed by atoms with E-state index in [1.165, 1.54) is 22.4 Å². The van der Waals surface area contributed by atoms with Gasteiger partial charge in [-0.3, -0.25) is 4.79 Å². The van der Waals surface area contributed by atoms with Gasteiger partial charge in [-0.2, -0.15) is 0 Å². The van der Waals surface area contributed by atoms with Crippen LogP contribution in [0.25, 0.3) is 0 Å². The minimum absolute atomic E-state index is 0.160. The molecule has 0 N–H and O–H groups in total. The first-order chi connectivity index (χ1) is 11.7. The molecule has 0 bridgehead atoms. The summed E-state index contributed by atoms with van der Waals surface area (Å²) in [4.78, 5) is 17.4. The number of hydrogen-bond acceptors (Lipinski definition) is 3. The summed E-state index contributed by atoms with van der Waals surface area (Å²) in [6.45, 7) is 3.10. The van der Waals surface area contributed by atoms with Crippen molar-refractivity contribution in [2.75, 3.05) is 18.6 Å². The molecule has 0 fully saturated rings. The Hall–Kier alpha value is -1.81. The van der Waals surface area contributed by atoms with Crippen LogP contribution in [-0.2, 0) is 19.3 Å². The average molecular weight is 341 g/mol. The van der Waals surface area contributed by atoms with Gasteiger partial charge < -0.3 is 9.64 Å². The van der Waals surface area contributed by atoms with Crippen molar-refractivity contribution in [3.63, 3.8) is 0 Å². The van der Waals surface area contributed by atoms with Crippen LogP contribution in [0.5, 0.6) is 5.75 Å².